The first-order valence-electron chi connectivity index (χ1n) is 12.4. The monoisotopic (exact) mass is 590 g/mol. The Balaban J connectivity index is 1.48. The Bertz CT molecular complexity index is 1320. The average Bonchev–Trinajstić information content (AvgIpc) is 3.32. The fourth-order valence-electron chi connectivity index (χ4n) is 5.12. The predicted octanol–water partition coefficient (Wildman–Crippen LogP) is 5.95. The molecule has 0 bridgehead atoms. The smallest absolute Gasteiger partial charge is 0.369 e. The highest BCUT2D eigenvalue weighted by Crippen LogP contribution is 2.47. The van der Waals surface area contributed by atoms with E-state index in [0.717, 1.165) is 37.1 Å². The maximum absolute atomic E-state index is 16.3. The number of piperidine rings is 1. The lowest BCUT2D eigenvalue weighted by atomic mass is 9.99. The van der Waals surface area contributed by atoms with E-state index in [-0.39, 0.29) is 18.7 Å². The minimum Gasteiger partial charge on any atom is -0.492 e. The van der Waals surface area contributed by atoms with Gasteiger partial charge in [-0.25, -0.2) is 8.42 Å². The zero-order valence-corrected chi connectivity index (χ0v) is 22.6. The van der Waals surface area contributed by atoms with Crippen molar-refractivity contribution < 1.29 is 21.9 Å². The largest absolute Gasteiger partial charge is 0.492 e. The molecule has 3 aromatic rings. The molecule has 0 spiro atoms. The van der Waals surface area contributed by atoms with Gasteiger partial charge in [-0.3, -0.25) is 4.90 Å². The van der Waals surface area contributed by atoms with Gasteiger partial charge in [0.1, 0.15) is 11.8 Å². The van der Waals surface area contributed by atoms with Crippen LogP contribution in [0, 0.1) is 5.92 Å². The van der Waals surface area contributed by atoms with Crippen LogP contribution in [0.1, 0.15) is 35.6 Å². The number of hydrogen-bond donors (Lipinski definition) is 1. The lowest BCUT2D eigenvalue weighted by Crippen LogP contribution is -2.43. The summed E-state index contributed by atoms with van der Waals surface area (Å²) < 4.78 is 65.7. The van der Waals surface area contributed by atoms with Crippen molar-refractivity contribution in [2.24, 2.45) is 5.92 Å². The zero-order valence-electron chi connectivity index (χ0n) is 20.2. The van der Waals surface area contributed by atoms with Gasteiger partial charge in [0.15, 0.2) is 0 Å². The highest BCUT2D eigenvalue weighted by molar-refractivity contribution is 9.10. The van der Waals surface area contributed by atoms with E-state index in [1.54, 1.807) is 29.2 Å². The Morgan fingerprint density at radius 3 is 2.22 bits per heavy atom. The van der Waals surface area contributed by atoms with Gasteiger partial charge in [-0.15, -0.1) is 0 Å². The van der Waals surface area contributed by atoms with Gasteiger partial charge in [0.25, 0.3) is 0 Å². The third-order valence-electron chi connectivity index (χ3n) is 7.17. The number of hydrogen-bond acceptors (Lipinski definition) is 5. The number of nitrogens with zero attached hydrogens (tertiary/aromatic N) is 1. The SMILES string of the molecule is O=S(=O)(c1ccccc1)C(F)(F)C(c1ccc(OCC2CCNCC2)c(Br)c1)N1Cc2ccccc2C1. The fraction of sp³-hybridized carbons (Fsp3) is 0.357. The van der Waals surface area contributed by atoms with Crippen molar-refractivity contribution in [1.29, 1.82) is 0 Å². The van der Waals surface area contributed by atoms with Crippen LogP contribution in [0.4, 0.5) is 8.78 Å². The van der Waals surface area contributed by atoms with Crippen LogP contribution in [0.25, 0.3) is 0 Å². The van der Waals surface area contributed by atoms with Crippen molar-refractivity contribution in [3.05, 3.63) is 94.0 Å². The quantitative estimate of drug-likeness (QED) is 0.351. The summed E-state index contributed by atoms with van der Waals surface area (Å²) in [5.41, 5.74) is 2.04. The molecule has 0 saturated carbocycles. The van der Waals surface area contributed by atoms with E-state index in [1.165, 1.54) is 24.3 Å². The molecule has 1 N–H and O–H groups in total. The molecule has 3 aromatic carbocycles. The number of alkyl halides is 2. The van der Waals surface area contributed by atoms with E-state index in [1.807, 2.05) is 24.3 Å². The molecule has 37 heavy (non-hydrogen) atoms. The first-order valence-corrected chi connectivity index (χ1v) is 14.7. The normalized spacial score (nSPS) is 17.9. The topological polar surface area (TPSA) is 58.6 Å². The fourth-order valence-corrected chi connectivity index (χ4v) is 7.04. The second kappa shape index (κ2) is 10.8. The molecule has 0 radical (unpaired) electrons. The van der Waals surface area contributed by atoms with Crippen LogP contribution in [0.2, 0.25) is 0 Å². The van der Waals surface area contributed by atoms with Gasteiger partial charge < -0.3 is 10.1 Å². The molecule has 2 aliphatic rings. The molecule has 0 aromatic heterocycles. The number of nitrogens with one attached hydrogen (secondary N) is 1. The molecular weight excluding hydrogens is 562 g/mol. The van der Waals surface area contributed by atoms with Gasteiger partial charge in [0.2, 0.25) is 9.84 Å². The molecule has 1 atom stereocenters. The molecule has 1 saturated heterocycles. The van der Waals surface area contributed by atoms with Crippen molar-refractivity contribution in [1.82, 2.24) is 10.2 Å². The third kappa shape index (κ3) is 5.32. The zero-order chi connectivity index (χ0) is 26.0. The summed E-state index contributed by atoms with van der Waals surface area (Å²) in [5.74, 6) is 0.990. The summed E-state index contributed by atoms with van der Waals surface area (Å²) in [6.45, 7) is 2.92. The van der Waals surface area contributed by atoms with Crippen LogP contribution >= 0.6 is 15.9 Å². The average molecular weight is 592 g/mol. The van der Waals surface area contributed by atoms with Gasteiger partial charge in [-0.1, -0.05) is 48.5 Å². The molecule has 1 unspecified atom stereocenters. The molecule has 5 nitrogen and oxygen atoms in total. The highest BCUT2D eigenvalue weighted by atomic mass is 79.9. The molecular formula is C28H29BrF2N2O3S. The number of rotatable bonds is 8. The van der Waals surface area contributed by atoms with Crippen LogP contribution < -0.4 is 10.1 Å². The number of sulfone groups is 1. The minimum atomic E-state index is -4.99. The molecule has 1 fully saturated rings. The van der Waals surface area contributed by atoms with Gasteiger partial charge >= 0.3 is 5.25 Å². The molecule has 0 aliphatic carbocycles. The summed E-state index contributed by atoms with van der Waals surface area (Å²) in [4.78, 5) is 1.14. The number of ether oxygens (including phenoxy) is 1. The van der Waals surface area contributed by atoms with Gasteiger partial charge in [0, 0.05) is 13.1 Å². The first kappa shape index (κ1) is 26.3. The Hall–Kier alpha value is -2.33. The summed E-state index contributed by atoms with van der Waals surface area (Å²) in [6.07, 6.45) is 2.05. The van der Waals surface area contributed by atoms with Crippen LogP contribution in [0.15, 0.2) is 82.2 Å². The second-order valence-electron chi connectivity index (χ2n) is 9.65. The van der Waals surface area contributed by atoms with Crippen molar-refractivity contribution in [3.8, 4) is 5.75 Å². The van der Waals surface area contributed by atoms with Crippen molar-refractivity contribution in [2.45, 2.75) is 42.1 Å². The van der Waals surface area contributed by atoms with Crippen LogP contribution in [-0.2, 0) is 22.9 Å². The first-order chi connectivity index (χ1) is 17.8. The summed E-state index contributed by atoms with van der Waals surface area (Å²) in [5, 5.41) is -0.764. The standard InChI is InChI=1S/C28H29BrF2N2O3S/c29-25-16-21(10-11-26(25)36-19-20-12-14-32-15-13-20)27(33-17-22-6-4-5-7-23(22)18-33)28(30,31)37(34,35)24-8-2-1-3-9-24/h1-11,16,20,27,32H,12-15,17-19H2. The predicted molar refractivity (Wildman–Crippen MR) is 142 cm³/mol. The Kier molecular flexibility index (Phi) is 7.68. The summed E-state index contributed by atoms with van der Waals surface area (Å²) in [6, 6.07) is 17.5. The molecule has 2 heterocycles. The molecule has 5 rings (SSSR count). The van der Waals surface area contributed by atoms with Gasteiger partial charge in [-0.2, -0.15) is 8.78 Å². The minimum absolute atomic E-state index is 0.207. The van der Waals surface area contributed by atoms with Gasteiger partial charge in [-0.05, 0) is 88.7 Å². The number of benzene rings is 3. The number of fused-ring (bicyclic) bond motifs is 1. The van der Waals surface area contributed by atoms with E-state index in [0.29, 0.717) is 22.7 Å². The second-order valence-corrected chi connectivity index (χ2v) is 12.5. The highest BCUT2D eigenvalue weighted by Gasteiger charge is 2.56. The lowest BCUT2D eigenvalue weighted by Gasteiger charge is -2.34. The van der Waals surface area contributed by atoms with E-state index >= 15 is 8.78 Å². The Morgan fingerprint density at radius 2 is 1.59 bits per heavy atom. The van der Waals surface area contributed by atoms with E-state index < -0.39 is 26.0 Å². The third-order valence-corrected chi connectivity index (χ3v) is 9.62. The van der Waals surface area contributed by atoms with E-state index in [9.17, 15) is 8.42 Å². The Morgan fingerprint density at radius 1 is 0.973 bits per heavy atom. The lowest BCUT2D eigenvalue weighted by molar-refractivity contribution is -0.0174. The van der Waals surface area contributed by atoms with Gasteiger partial charge in [0.05, 0.1) is 16.0 Å². The van der Waals surface area contributed by atoms with E-state index in [2.05, 4.69) is 21.2 Å². The molecule has 0 amide bonds. The van der Waals surface area contributed by atoms with Crippen molar-refractivity contribution in [3.63, 3.8) is 0 Å². The van der Waals surface area contributed by atoms with Crippen LogP contribution in [0.3, 0.4) is 0 Å². The summed E-state index contributed by atoms with van der Waals surface area (Å²) >= 11 is 3.49. The van der Waals surface area contributed by atoms with E-state index in [4.69, 9.17) is 4.74 Å². The molecule has 9 heteroatoms. The Labute approximate surface area is 224 Å². The van der Waals surface area contributed by atoms with Crippen molar-refractivity contribution >= 4 is 25.8 Å². The van der Waals surface area contributed by atoms with Crippen LogP contribution in [0.5, 0.6) is 5.75 Å². The molecule has 2 aliphatic heterocycles. The maximum Gasteiger partial charge on any atom is 0.369 e. The maximum atomic E-state index is 16.3. The van der Waals surface area contributed by atoms with Crippen LogP contribution in [-0.4, -0.2) is 38.3 Å². The molecule has 196 valence electrons. The summed E-state index contributed by atoms with van der Waals surface area (Å²) in [7, 11) is -4.99. The number of halogens is 3. The van der Waals surface area contributed by atoms with Crippen molar-refractivity contribution in [2.75, 3.05) is 19.7 Å².